The number of benzene rings is 2. The number of rotatable bonds is 3. The van der Waals surface area contributed by atoms with Crippen molar-refractivity contribution in [3.8, 4) is 0 Å². The minimum absolute atomic E-state index is 0.0187. The molecule has 3 atom stereocenters. The minimum Gasteiger partial charge on any atom is -0.376 e. The Balaban J connectivity index is 1.55. The second kappa shape index (κ2) is 8.84. The van der Waals surface area contributed by atoms with E-state index >= 15 is 0 Å². The van der Waals surface area contributed by atoms with Crippen molar-refractivity contribution in [2.75, 3.05) is 10.6 Å². The van der Waals surface area contributed by atoms with Crippen LogP contribution in [0.25, 0.3) is 0 Å². The van der Waals surface area contributed by atoms with Crippen LogP contribution >= 0.6 is 23.2 Å². The van der Waals surface area contributed by atoms with Crippen LogP contribution in [0, 0.1) is 0 Å². The van der Waals surface area contributed by atoms with Crippen LogP contribution in [0.3, 0.4) is 0 Å². The Morgan fingerprint density at radius 2 is 1.87 bits per heavy atom. The van der Waals surface area contributed by atoms with E-state index in [2.05, 4.69) is 16.0 Å². The highest BCUT2D eigenvalue weighted by Crippen LogP contribution is 2.36. The van der Waals surface area contributed by atoms with E-state index < -0.39 is 0 Å². The third-order valence-corrected chi connectivity index (χ3v) is 6.31. The standard InChI is InChI=1S/C22H24Cl2N4O2/c23-13-6-7-14(15(24)10-13)19-11-21(29)27-20-9-12(5-8-18(20)26-19)22(30)28-17-4-2-1-3-16(17)25/h5-10,16-17,19,26H,1-4,11,25H2,(H,27,29)(H,28,30). The summed E-state index contributed by atoms with van der Waals surface area (Å²) in [7, 11) is 0. The molecular weight excluding hydrogens is 423 g/mol. The molecule has 30 heavy (non-hydrogen) atoms. The molecule has 1 aliphatic carbocycles. The summed E-state index contributed by atoms with van der Waals surface area (Å²) in [5, 5.41) is 10.3. The van der Waals surface area contributed by atoms with Crippen molar-refractivity contribution in [3.05, 3.63) is 57.6 Å². The van der Waals surface area contributed by atoms with Crippen LogP contribution in [0.1, 0.15) is 54.1 Å². The van der Waals surface area contributed by atoms with Gasteiger partial charge in [-0.3, -0.25) is 9.59 Å². The highest BCUT2D eigenvalue weighted by atomic mass is 35.5. The summed E-state index contributed by atoms with van der Waals surface area (Å²) in [5.74, 6) is -0.347. The lowest BCUT2D eigenvalue weighted by atomic mass is 9.91. The van der Waals surface area contributed by atoms with Crippen LogP contribution in [0.4, 0.5) is 11.4 Å². The number of nitrogens with one attached hydrogen (secondary N) is 3. The van der Waals surface area contributed by atoms with Gasteiger partial charge in [-0.1, -0.05) is 42.1 Å². The molecule has 1 fully saturated rings. The van der Waals surface area contributed by atoms with Gasteiger partial charge in [-0.25, -0.2) is 0 Å². The van der Waals surface area contributed by atoms with E-state index in [0.29, 0.717) is 21.3 Å². The zero-order valence-electron chi connectivity index (χ0n) is 16.4. The lowest BCUT2D eigenvalue weighted by molar-refractivity contribution is -0.116. The fourth-order valence-corrected chi connectivity index (χ4v) is 4.64. The number of amides is 2. The Labute approximate surface area is 185 Å². The molecular formula is C22H24Cl2N4O2. The van der Waals surface area contributed by atoms with Crippen molar-refractivity contribution >= 4 is 46.4 Å². The van der Waals surface area contributed by atoms with Crippen LogP contribution in [0.15, 0.2) is 36.4 Å². The summed E-state index contributed by atoms with van der Waals surface area (Å²) >= 11 is 12.3. The highest BCUT2D eigenvalue weighted by Gasteiger charge is 2.26. The molecule has 2 aromatic carbocycles. The molecule has 4 rings (SSSR count). The maximum Gasteiger partial charge on any atom is 0.251 e. The van der Waals surface area contributed by atoms with Crippen molar-refractivity contribution in [2.24, 2.45) is 5.73 Å². The second-order valence-corrected chi connectivity index (χ2v) is 8.75. The molecule has 0 spiro atoms. The fraction of sp³-hybridized carbons (Fsp3) is 0.364. The molecule has 2 aromatic rings. The zero-order valence-corrected chi connectivity index (χ0v) is 17.9. The van der Waals surface area contributed by atoms with Gasteiger partial charge in [0, 0.05) is 27.7 Å². The molecule has 6 nitrogen and oxygen atoms in total. The predicted octanol–water partition coefficient (Wildman–Crippen LogP) is 4.49. The van der Waals surface area contributed by atoms with E-state index in [1.54, 1.807) is 30.3 Å². The van der Waals surface area contributed by atoms with Gasteiger partial charge in [-0.2, -0.15) is 0 Å². The van der Waals surface area contributed by atoms with Gasteiger partial charge >= 0.3 is 0 Å². The van der Waals surface area contributed by atoms with Gasteiger partial charge in [-0.15, -0.1) is 0 Å². The molecule has 0 aromatic heterocycles. The van der Waals surface area contributed by atoms with E-state index in [0.717, 1.165) is 36.9 Å². The summed E-state index contributed by atoms with van der Waals surface area (Å²) in [5.41, 5.74) is 8.71. The van der Waals surface area contributed by atoms with Gasteiger partial charge in [0.25, 0.3) is 5.91 Å². The predicted molar refractivity (Wildman–Crippen MR) is 120 cm³/mol. The summed E-state index contributed by atoms with van der Waals surface area (Å²) in [6, 6.07) is 10.1. The van der Waals surface area contributed by atoms with Crippen LogP contribution in [-0.4, -0.2) is 23.9 Å². The normalized spacial score (nSPS) is 23.6. The fourth-order valence-electron chi connectivity index (χ4n) is 4.10. The molecule has 0 saturated heterocycles. The minimum atomic E-state index is -0.309. The van der Waals surface area contributed by atoms with Crippen LogP contribution in [0.5, 0.6) is 0 Å². The van der Waals surface area contributed by atoms with Gasteiger partial charge in [0.15, 0.2) is 0 Å². The molecule has 0 bridgehead atoms. The molecule has 1 saturated carbocycles. The number of fused-ring (bicyclic) bond motifs is 1. The number of anilines is 2. The third-order valence-electron chi connectivity index (χ3n) is 5.75. The monoisotopic (exact) mass is 446 g/mol. The summed E-state index contributed by atoms with van der Waals surface area (Å²) in [6.07, 6.45) is 4.18. The first-order chi connectivity index (χ1) is 14.4. The SMILES string of the molecule is NC1CCCCC1NC(=O)c1ccc2c(c1)NC(=O)CC(c1ccc(Cl)cc1Cl)N2. The molecule has 0 radical (unpaired) electrons. The maximum atomic E-state index is 12.7. The zero-order chi connectivity index (χ0) is 21.3. The molecule has 8 heteroatoms. The number of nitrogens with two attached hydrogens (primary N) is 1. The first-order valence-corrected chi connectivity index (χ1v) is 10.9. The summed E-state index contributed by atoms with van der Waals surface area (Å²) in [4.78, 5) is 25.3. The summed E-state index contributed by atoms with van der Waals surface area (Å²) < 4.78 is 0. The molecule has 2 aliphatic rings. The Hall–Kier alpha value is -2.28. The first kappa shape index (κ1) is 21.0. The van der Waals surface area contributed by atoms with Gasteiger partial charge in [0.1, 0.15) is 0 Å². The quantitative estimate of drug-likeness (QED) is 0.558. The smallest absolute Gasteiger partial charge is 0.251 e. The van der Waals surface area contributed by atoms with E-state index in [9.17, 15) is 9.59 Å². The van der Waals surface area contributed by atoms with Crippen molar-refractivity contribution in [3.63, 3.8) is 0 Å². The Bertz CT molecular complexity index is 982. The Kier molecular flexibility index (Phi) is 6.18. The van der Waals surface area contributed by atoms with Gasteiger partial charge in [-0.05, 0) is 48.7 Å². The summed E-state index contributed by atoms with van der Waals surface area (Å²) in [6.45, 7) is 0. The molecule has 5 N–H and O–H groups in total. The van der Waals surface area contributed by atoms with Crippen molar-refractivity contribution in [1.82, 2.24) is 5.32 Å². The third kappa shape index (κ3) is 4.56. The van der Waals surface area contributed by atoms with Crippen molar-refractivity contribution in [2.45, 2.75) is 50.2 Å². The van der Waals surface area contributed by atoms with Crippen LogP contribution < -0.4 is 21.7 Å². The first-order valence-electron chi connectivity index (χ1n) is 10.1. The van der Waals surface area contributed by atoms with Gasteiger partial charge < -0.3 is 21.7 Å². The van der Waals surface area contributed by atoms with E-state index in [4.69, 9.17) is 28.9 Å². The number of halogens is 2. The lowest BCUT2D eigenvalue weighted by Gasteiger charge is -2.29. The Morgan fingerprint density at radius 3 is 2.63 bits per heavy atom. The average Bonchev–Trinajstić information content (AvgIpc) is 2.86. The Morgan fingerprint density at radius 1 is 1.07 bits per heavy atom. The maximum absolute atomic E-state index is 12.7. The number of carbonyl (C=O) groups is 2. The number of hydrogen-bond donors (Lipinski definition) is 4. The molecule has 158 valence electrons. The highest BCUT2D eigenvalue weighted by molar-refractivity contribution is 6.35. The molecule has 3 unspecified atom stereocenters. The van der Waals surface area contributed by atoms with Crippen molar-refractivity contribution < 1.29 is 9.59 Å². The van der Waals surface area contributed by atoms with E-state index in [1.807, 2.05) is 6.07 Å². The number of hydrogen-bond acceptors (Lipinski definition) is 4. The van der Waals surface area contributed by atoms with Gasteiger partial charge in [0.05, 0.1) is 23.8 Å². The van der Waals surface area contributed by atoms with Crippen molar-refractivity contribution in [1.29, 1.82) is 0 Å². The van der Waals surface area contributed by atoms with Crippen LogP contribution in [-0.2, 0) is 4.79 Å². The molecule has 2 amide bonds. The molecule has 1 heterocycles. The van der Waals surface area contributed by atoms with Crippen LogP contribution in [0.2, 0.25) is 10.0 Å². The second-order valence-electron chi connectivity index (χ2n) is 7.90. The topological polar surface area (TPSA) is 96.2 Å². The average molecular weight is 447 g/mol. The van der Waals surface area contributed by atoms with Gasteiger partial charge in [0.2, 0.25) is 5.91 Å². The largest absolute Gasteiger partial charge is 0.376 e. The number of carbonyl (C=O) groups excluding carboxylic acids is 2. The lowest BCUT2D eigenvalue weighted by Crippen LogP contribution is -2.49. The van der Waals surface area contributed by atoms with E-state index in [1.165, 1.54) is 0 Å². The molecule has 1 aliphatic heterocycles. The van der Waals surface area contributed by atoms with E-state index in [-0.39, 0.29) is 36.4 Å².